The quantitative estimate of drug-likeness (QED) is 0.493. The molecule has 2 fully saturated rings. The van der Waals surface area contributed by atoms with E-state index < -0.39 is 18.0 Å². The molecule has 0 unspecified atom stereocenters. The van der Waals surface area contributed by atoms with Gasteiger partial charge in [0, 0.05) is 35.2 Å². The fourth-order valence-corrected chi connectivity index (χ4v) is 5.98. The molecule has 0 saturated heterocycles. The average molecular weight is 537 g/mol. The third-order valence-corrected chi connectivity index (χ3v) is 7.88. The van der Waals surface area contributed by atoms with Crippen molar-refractivity contribution in [2.45, 2.75) is 56.4 Å². The van der Waals surface area contributed by atoms with Crippen LogP contribution < -0.4 is 20.1 Å². The van der Waals surface area contributed by atoms with Crippen LogP contribution >= 0.6 is 23.2 Å². The first kappa shape index (κ1) is 25.1. The van der Waals surface area contributed by atoms with Crippen molar-refractivity contribution in [2.24, 2.45) is 11.8 Å². The van der Waals surface area contributed by atoms with E-state index in [1.165, 1.54) is 12.1 Å². The standard InChI is InChI=1S/C26H27Cl2FN2O5/c27-15-1-4-24-18(8-15)23(32)10-17(36-24)11-25(33)30-21-6-14-5-13(21)7-22(14)31-26(34)12-35-16-2-3-19(28)20(29)9-16/h1-4,8-9,13-14,17,21-23,32H,5-7,10-12H2,(H,30,33)(H,31,34)/t13-,14-,17+,21+,22+,23+/m0/s1. The van der Waals surface area contributed by atoms with Gasteiger partial charge >= 0.3 is 0 Å². The number of carbonyl (C=O) groups is 2. The number of rotatable bonds is 7. The minimum Gasteiger partial charge on any atom is -0.489 e. The Hall–Kier alpha value is -2.55. The molecule has 2 aromatic rings. The normalized spacial score (nSPS) is 28.2. The predicted molar refractivity (Wildman–Crippen MR) is 132 cm³/mol. The largest absolute Gasteiger partial charge is 0.489 e. The molecular weight excluding hydrogens is 510 g/mol. The lowest BCUT2D eigenvalue weighted by atomic mass is 9.90. The summed E-state index contributed by atoms with van der Waals surface area (Å²) < 4.78 is 24.8. The monoisotopic (exact) mass is 536 g/mol. The summed E-state index contributed by atoms with van der Waals surface area (Å²) in [6, 6.07) is 9.23. The number of hydrogen-bond acceptors (Lipinski definition) is 5. The van der Waals surface area contributed by atoms with Gasteiger partial charge in [-0.1, -0.05) is 23.2 Å². The lowest BCUT2D eigenvalue weighted by molar-refractivity contribution is -0.125. The topological polar surface area (TPSA) is 96.9 Å². The van der Waals surface area contributed by atoms with E-state index in [4.69, 9.17) is 32.7 Å². The molecule has 6 atom stereocenters. The second-order valence-corrected chi connectivity index (χ2v) is 10.7. The molecule has 0 spiro atoms. The van der Waals surface area contributed by atoms with Gasteiger partial charge in [-0.15, -0.1) is 0 Å². The van der Waals surface area contributed by atoms with Crippen LogP contribution in [0, 0.1) is 17.7 Å². The summed E-state index contributed by atoms with van der Waals surface area (Å²) in [5.74, 6) is 0.392. The second kappa shape index (κ2) is 10.4. The Morgan fingerprint density at radius 1 is 1.00 bits per heavy atom. The minimum absolute atomic E-state index is 0.00465. The fraction of sp³-hybridized carbons (Fsp3) is 0.462. The van der Waals surface area contributed by atoms with Crippen LogP contribution in [-0.4, -0.2) is 41.7 Å². The van der Waals surface area contributed by atoms with Gasteiger partial charge in [-0.25, -0.2) is 4.39 Å². The number of aliphatic hydroxyl groups excluding tert-OH is 1. The number of amides is 2. The van der Waals surface area contributed by atoms with Gasteiger partial charge in [-0.2, -0.15) is 0 Å². The molecule has 3 aliphatic rings. The molecule has 1 aliphatic heterocycles. The van der Waals surface area contributed by atoms with Crippen molar-refractivity contribution in [3.8, 4) is 11.5 Å². The Morgan fingerprint density at radius 2 is 1.72 bits per heavy atom. The van der Waals surface area contributed by atoms with E-state index in [1.54, 1.807) is 18.2 Å². The number of aliphatic hydroxyl groups is 1. The van der Waals surface area contributed by atoms with E-state index in [-0.39, 0.29) is 59.5 Å². The molecule has 10 heteroatoms. The van der Waals surface area contributed by atoms with Crippen LogP contribution in [-0.2, 0) is 9.59 Å². The number of hydrogen-bond donors (Lipinski definition) is 3. The first-order valence-corrected chi connectivity index (χ1v) is 12.8. The molecule has 2 saturated carbocycles. The van der Waals surface area contributed by atoms with Gasteiger partial charge in [0.25, 0.3) is 5.91 Å². The van der Waals surface area contributed by atoms with Gasteiger partial charge < -0.3 is 25.2 Å². The molecule has 3 N–H and O–H groups in total. The summed E-state index contributed by atoms with van der Waals surface area (Å²) in [6.45, 7) is -0.211. The predicted octanol–water partition coefficient (Wildman–Crippen LogP) is 4.19. The summed E-state index contributed by atoms with van der Waals surface area (Å²) in [5.41, 5.74) is 0.645. The van der Waals surface area contributed by atoms with Crippen LogP contribution in [0.25, 0.3) is 0 Å². The van der Waals surface area contributed by atoms with Crippen LogP contribution in [0.1, 0.15) is 43.8 Å². The van der Waals surface area contributed by atoms with E-state index in [0.29, 0.717) is 22.8 Å². The van der Waals surface area contributed by atoms with Crippen LogP contribution in [0.2, 0.25) is 10.0 Å². The number of carbonyl (C=O) groups excluding carboxylic acids is 2. The van der Waals surface area contributed by atoms with Crippen molar-refractivity contribution in [2.75, 3.05) is 6.61 Å². The van der Waals surface area contributed by atoms with E-state index in [1.807, 2.05) is 0 Å². The number of halogens is 3. The van der Waals surface area contributed by atoms with Crippen molar-refractivity contribution in [1.82, 2.24) is 10.6 Å². The first-order valence-electron chi connectivity index (χ1n) is 12.1. The van der Waals surface area contributed by atoms with Gasteiger partial charge in [-0.3, -0.25) is 9.59 Å². The van der Waals surface area contributed by atoms with Gasteiger partial charge in [0.2, 0.25) is 5.91 Å². The van der Waals surface area contributed by atoms with Crippen molar-refractivity contribution in [3.63, 3.8) is 0 Å². The molecule has 36 heavy (non-hydrogen) atoms. The summed E-state index contributed by atoms with van der Waals surface area (Å²) >= 11 is 11.7. The molecule has 0 aromatic heterocycles. The summed E-state index contributed by atoms with van der Waals surface area (Å²) in [7, 11) is 0. The lowest BCUT2D eigenvalue weighted by Gasteiger charge is -2.31. The Balaban J connectivity index is 1.06. The highest BCUT2D eigenvalue weighted by atomic mass is 35.5. The zero-order valence-electron chi connectivity index (χ0n) is 19.4. The van der Waals surface area contributed by atoms with Crippen LogP contribution in [0.5, 0.6) is 11.5 Å². The highest BCUT2D eigenvalue weighted by Crippen LogP contribution is 2.45. The van der Waals surface area contributed by atoms with Crippen molar-refractivity contribution in [3.05, 3.63) is 57.8 Å². The third kappa shape index (κ3) is 5.56. The molecular formula is C26H27Cl2FN2O5. The zero-order chi connectivity index (χ0) is 25.4. The molecule has 2 amide bonds. The Labute approximate surface area is 218 Å². The minimum atomic E-state index is -0.722. The SMILES string of the molecule is O=C(COc1ccc(Cl)c(F)c1)N[C@@H]1C[C@@H]2C[C@H]1C[C@H]2NC(=O)C[C@H]1C[C@@H](O)c2cc(Cl)ccc2O1. The Kier molecular flexibility index (Phi) is 7.28. The Morgan fingerprint density at radius 3 is 2.42 bits per heavy atom. The van der Waals surface area contributed by atoms with Crippen molar-refractivity contribution >= 4 is 35.0 Å². The highest BCUT2D eigenvalue weighted by molar-refractivity contribution is 6.31. The highest BCUT2D eigenvalue weighted by Gasteiger charge is 2.47. The van der Waals surface area contributed by atoms with Gasteiger partial charge in [-0.05, 0) is 61.4 Å². The molecule has 192 valence electrons. The number of fused-ring (bicyclic) bond motifs is 3. The average Bonchev–Trinajstić information content (AvgIpc) is 3.40. The van der Waals surface area contributed by atoms with Gasteiger partial charge in [0.1, 0.15) is 23.4 Å². The second-order valence-electron chi connectivity index (χ2n) is 9.82. The molecule has 7 nitrogen and oxygen atoms in total. The van der Waals surface area contributed by atoms with Gasteiger partial charge in [0.15, 0.2) is 6.61 Å². The van der Waals surface area contributed by atoms with E-state index >= 15 is 0 Å². The van der Waals surface area contributed by atoms with E-state index in [9.17, 15) is 19.1 Å². The Bertz CT molecular complexity index is 1170. The van der Waals surface area contributed by atoms with Gasteiger partial charge in [0.05, 0.1) is 17.5 Å². The third-order valence-electron chi connectivity index (χ3n) is 7.33. The van der Waals surface area contributed by atoms with Crippen LogP contribution in [0.4, 0.5) is 4.39 Å². The number of ether oxygens (including phenoxy) is 2. The first-order chi connectivity index (χ1) is 17.2. The summed E-state index contributed by atoms with van der Waals surface area (Å²) in [5, 5.41) is 17.1. The fourth-order valence-electron chi connectivity index (χ4n) is 5.68. The van der Waals surface area contributed by atoms with Crippen LogP contribution in [0.3, 0.4) is 0 Å². The van der Waals surface area contributed by atoms with Crippen molar-refractivity contribution in [1.29, 1.82) is 0 Å². The lowest BCUT2D eigenvalue weighted by Crippen LogP contribution is -2.47. The van der Waals surface area contributed by atoms with Crippen LogP contribution in [0.15, 0.2) is 36.4 Å². The number of nitrogens with one attached hydrogen (secondary N) is 2. The maximum absolute atomic E-state index is 13.5. The number of benzene rings is 2. The molecule has 0 radical (unpaired) electrons. The molecule has 5 rings (SSSR count). The summed E-state index contributed by atoms with van der Waals surface area (Å²) in [6.07, 6.45) is 1.87. The molecule has 2 bridgehead atoms. The summed E-state index contributed by atoms with van der Waals surface area (Å²) in [4.78, 5) is 25.1. The van der Waals surface area contributed by atoms with Crippen molar-refractivity contribution < 1.29 is 28.6 Å². The molecule has 1 heterocycles. The molecule has 2 aromatic carbocycles. The smallest absolute Gasteiger partial charge is 0.258 e. The zero-order valence-corrected chi connectivity index (χ0v) is 20.9. The van der Waals surface area contributed by atoms with E-state index in [2.05, 4.69) is 10.6 Å². The maximum Gasteiger partial charge on any atom is 0.258 e. The molecule has 2 aliphatic carbocycles. The maximum atomic E-state index is 13.5. The van der Waals surface area contributed by atoms with E-state index in [0.717, 1.165) is 25.3 Å².